The van der Waals surface area contributed by atoms with E-state index in [9.17, 15) is 4.79 Å². The first-order valence-electron chi connectivity index (χ1n) is 4.69. The first-order valence-corrected chi connectivity index (χ1v) is 4.69. The van der Waals surface area contributed by atoms with Crippen molar-refractivity contribution in [2.75, 3.05) is 13.6 Å². The number of carboxylic acids is 1. The average molecular weight is 217 g/mol. The van der Waals surface area contributed by atoms with Gasteiger partial charge in [-0.15, -0.1) is 0 Å². The second-order valence-electron chi connectivity index (χ2n) is 3.29. The number of aliphatic carboxylic acids is 1. The lowest BCUT2D eigenvalue weighted by atomic mass is 10.0. The van der Waals surface area contributed by atoms with Gasteiger partial charge in [0.25, 0.3) is 0 Å². The van der Waals surface area contributed by atoms with E-state index in [4.69, 9.17) is 22.3 Å². The second kappa shape index (κ2) is 6.20. The van der Waals surface area contributed by atoms with Crippen molar-refractivity contribution in [3.63, 3.8) is 0 Å². The van der Waals surface area contributed by atoms with Gasteiger partial charge in [0.1, 0.15) is 0 Å². The van der Waals surface area contributed by atoms with Gasteiger partial charge in [-0.25, -0.2) is 4.79 Å². The molecule has 0 heterocycles. The van der Waals surface area contributed by atoms with Gasteiger partial charge in [0.2, 0.25) is 0 Å². The van der Waals surface area contributed by atoms with Crippen molar-refractivity contribution >= 4 is 11.9 Å². The maximum Gasteiger partial charge on any atom is 0.338 e. The maximum atomic E-state index is 10.8. The Kier molecular flexibility index (Phi) is 5.65. The van der Waals surface area contributed by atoms with Gasteiger partial charge < -0.3 is 22.3 Å². The van der Waals surface area contributed by atoms with Crippen LogP contribution in [0.4, 0.5) is 0 Å². The Morgan fingerprint density at radius 2 is 2.07 bits per heavy atom. The molecule has 0 aliphatic carbocycles. The van der Waals surface area contributed by atoms with Crippen molar-refractivity contribution in [3.8, 4) is 0 Å². The molecule has 0 spiro atoms. The van der Waals surface area contributed by atoms with Gasteiger partial charge in [0.15, 0.2) is 11.6 Å². The number of hydrogen-bond donors (Lipinski definition) is 5. The minimum Gasteiger partial charge on any atom is -0.479 e. The highest BCUT2D eigenvalue weighted by molar-refractivity contribution is 5.77. The van der Waals surface area contributed by atoms with E-state index in [1.165, 1.54) is 7.05 Å². The first kappa shape index (κ1) is 13.7. The quantitative estimate of drug-likeness (QED) is 0.150. The van der Waals surface area contributed by atoms with Crippen LogP contribution in [0.5, 0.6) is 0 Å². The summed E-state index contributed by atoms with van der Waals surface area (Å²) in [7, 11) is 1.52. The SMILES string of the molecule is CNC(N)(CCCCN=C(N)N)C(=O)O. The van der Waals surface area contributed by atoms with Crippen LogP contribution < -0.4 is 22.5 Å². The lowest BCUT2D eigenvalue weighted by molar-refractivity contribution is -0.144. The summed E-state index contributed by atoms with van der Waals surface area (Å²) >= 11 is 0. The lowest BCUT2D eigenvalue weighted by Gasteiger charge is -2.23. The van der Waals surface area contributed by atoms with E-state index in [0.717, 1.165) is 0 Å². The van der Waals surface area contributed by atoms with Gasteiger partial charge in [-0.2, -0.15) is 0 Å². The zero-order valence-corrected chi connectivity index (χ0v) is 8.86. The topological polar surface area (TPSA) is 140 Å². The molecular weight excluding hydrogens is 198 g/mol. The molecule has 0 rings (SSSR count). The van der Waals surface area contributed by atoms with Crippen LogP contribution in [0, 0.1) is 0 Å². The number of hydrogen-bond acceptors (Lipinski definition) is 4. The number of rotatable bonds is 7. The van der Waals surface area contributed by atoms with Crippen LogP contribution in [0.2, 0.25) is 0 Å². The van der Waals surface area contributed by atoms with Gasteiger partial charge >= 0.3 is 5.97 Å². The summed E-state index contributed by atoms with van der Waals surface area (Å²) < 4.78 is 0. The van der Waals surface area contributed by atoms with Crippen LogP contribution >= 0.6 is 0 Å². The molecule has 15 heavy (non-hydrogen) atoms. The molecular formula is C8H19N5O2. The number of guanidine groups is 1. The molecule has 0 aromatic heterocycles. The van der Waals surface area contributed by atoms with Gasteiger partial charge in [-0.05, 0) is 26.3 Å². The van der Waals surface area contributed by atoms with Crippen LogP contribution in [0.3, 0.4) is 0 Å². The molecule has 0 fully saturated rings. The van der Waals surface area contributed by atoms with Crippen LogP contribution in [-0.4, -0.2) is 36.3 Å². The second-order valence-corrected chi connectivity index (χ2v) is 3.29. The van der Waals surface area contributed by atoms with E-state index in [0.29, 0.717) is 25.8 Å². The van der Waals surface area contributed by atoms with E-state index in [-0.39, 0.29) is 5.96 Å². The fourth-order valence-corrected chi connectivity index (χ4v) is 1.06. The molecule has 0 radical (unpaired) electrons. The maximum absolute atomic E-state index is 10.8. The summed E-state index contributed by atoms with van der Waals surface area (Å²) in [5.41, 5.74) is 14.5. The van der Waals surface area contributed by atoms with E-state index in [1.807, 2.05) is 0 Å². The Labute approximate surface area is 88.7 Å². The van der Waals surface area contributed by atoms with Crippen molar-refractivity contribution in [2.24, 2.45) is 22.2 Å². The van der Waals surface area contributed by atoms with Crippen LogP contribution in [-0.2, 0) is 4.79 Å². The van der Waals surface area contributed by atoms with Crippen LogP contribution in [0.15, 0.2) is 4.99 Å². The number of carbonyl (C=O) groups is 1. The lowest BCUT2D eigenvalue weighted by Crippen LogP contribution is -2.58. The molecule has 0 amide bonds. The van der Waals surface area contributed by atoms with Crippen molar-refractivity contribution in [2.45, 2.75) is 24.9 Å². The highest BCUT2D eigenvalue weighted by atomic mass is 16.4. The number of likely N-dealkylation sites (N-methyl/N-ethyl adjacent to an activating group) is 1. The molecule has 0 saturated carbocycles. The molecule has 1 atom stereocenters. The fraction of sp³-hybridized carbons (Fsp3) is 0.750. The zero-order valence-electron chi connectivity index (χ0n) is 8.86. The summed E-state index contributed by atoms with van der Waals surface area (Å²) in [6, 6.07) is 0. The molecule has 7 nitrogen and oxygen atoms in total. The third-order valence-electron chi connectivity index (χ3n) is 2.10. The van der Waals surface area contributed by atoms with Gasteiger partial charge in [-0.1, -0.05) is 0 Å². The standard InChI is InChI=1S/C8H19N5O2/c1-12-8(11,6(14)15)4-2-3-5-13-7(9)10/h12H,2-5,11H2,1H3,(H,14,15)(H4,9,10,13). The van der Waals surface area contributed by atoms with E-state index in [2.05, 4.69) is 10.3 Å². The van der Waals surface area contributed by atoms with Gasteiger partial charge in [-0.3, -0.25) is 10.3 Å². The third-order valence-corrected chi connectivity index (χ3v) is 2.10. The summed E-state index contributed by atoms with van der Waals surface area (Å²) in [6.45, 7) is 0.488. The average Bonchev–Trinajstić information content (AvgIpc) is 2.16. The highest BCUT2D eigenvalue weighted by Gasteiger charge is 2.30. The smallest absolute Gasteiger partial charge is 0.338 e. The number of nitrogens with two attached hydrogens (primary N) is 3. The highest BCUT2D eigenvalue weighted by Crippen LogP contribution is 2.08. The number of carboxylic acid groups (broad SMARTS) is 1. The summed E-state index contributed by atoms with van der Waals surface area (Å²) in [5, 5.41) is 11.4. The normalized spacial score (nSPS) is 14.3. The van der Waals surface area contributed by atoms with Crippen LogP contribution in [0.25, 0.3) is 0 Å². The summed E-state index contributed by atoms with van der Waals surface area (Å²) in [6.07, 6.45) is 1.67. The molecule has 7 heteroatoms. The van der Waals surface area contributed by atoms with Crippen LogP contribution in [0.1, 0.15) is 19.3 Å². The largest absolute Gasteiger partial charge is 0.479 e. The van der Waals surface area contributed by atoms with Gasteiger partial charge in [0.05, 0.1) is 0 Å². The molecule has 0 aromatic rings. The van der Waals surface area contributed by atoms with Crippen molar-refractivity contribution in [1.82, 2.24) is 5.32 Å². The van der Waals surface area contributed by atoms with E-state index < -0.39 is 11.6 Å². The summed E-state index contributed by atoms with van der Waals surface area (Å²) in [5.74, 6) is -1.02. The molecule has 0 aliphatic rings. The molecule has 0 saturated heterocycles. The number of aliphatic imine (C=N–C) groups is 1. The van der Waals surface area contributed by atoms with Crippen molar-refractivity contribution in [3.05, 3.63) is 0 Å². The fourth-order valence-electron chi connectivity index (χ4n) is 1.06. The third kappa shape index (κ3) is 5.18. The van der Waals surface area contributed by atoms with E-state index >= 15 is 0 Å². The molecule has 88 valence electrons. The first-order chi connectivity index (χ1) is 6.92. The zero-order chi connectivity index (χ0) is 11.9. The van der Waals surface area contributed by atoms with Crippen molar-refractivity contribution < 1.29 is 9.90 Å². The Hall–Kier alpha value is -1.34. The number of unbranched alkanes of at least 4 members (excludes halogenated alkanes) is 1. The minimum atomic E-state index is -1.36. The predicted octanol–water partition coefficient (Wildman–Crippen LogP) is -1.61. The molecule has 0 aliphatic heterocycles. The Balaban J connectivity index is 3.84. The predicted molar refractivity (Wildman–Crippen MR) is 58.1 cm³/mol. The Morgan fingerprint density at radius 3 is 2.47 bits per heavy atom. The van der Waals surface area contributed by atoms with Crippen molar-refractivity contribution in [1.29, 1.82) is 0 Å². The number of nitrogens with one attached hydrogen (secondary N) is 1. The Morgan fingerprint density at radius 1 is 1.47 bits per heavy atom. The molecule has 8 N–H and O–H groups in total. The van der Waals surface area contributed by atoms with E-state index in [1.54, 1.807) is 0 Å². The monoisotopic (exact) mass is 217 g/mol. The van der Waals surface area contributed by atoms with Gasteiger partial charge in [0, 0.05) is 6.54 Å². The molecule has 1 unspecified atom stereocenters. The Bertz CT molecular complexity index is 239. The molecule has 0 bridgehead atoms. The number of nitrogens with zero attached hydrogens (tertiary/aromatic N) is 1. The minimum absolute atomic E-state index is 0.0425. The molecule has 0 aromatic carbocycles. The summed E-state index contributed by atoms with van der Waals surface area (Å²) in [4.78, 5) is 14.5.